The number of likely N-dealkylation sites (tertiary alicyclic amines) is 1. The fraction of sp³-hybridized carbons (Fsp3) is 0.875. The van der Waals surface area contributed by atoms with Crippen LogP contribution >= 0.6 is 0 Å². The van der Waals surface area contributed by atoms with E-state index in [1.807, 2.05) is 4.90 Å². The van der Waals surface area contributed by atoms with Crippen LogP contribution in [0.2, 0.25) is 0 Å². The van der Waals surface area contributed by atoms with Crippen molar-refractivity contribution in [2.24, 2.45) is 5.92 Å². The maximum atomic E-state index is 12.1. The van der Waals surface area contributed by atoms with Crippen molar-refractivity contribution in [2.75, 3.05) is 39.3 Å². The molecule has 128 valence electrons. The summed E-state index contributed by atoms with van der Waals surface area (Å²) in [6, 6.07) is -0.460. The Balaban J connectivity index is 2.21. The molecule has 22 heavy (non-hydrogen) atoms. The van der Waals surface area contributed by atoms with Crippen LogP contribution in [-0.4, -0.2) is 72.1 Å². The zero-order valence-electron chi connectivity index (χ0n) is 14.2. The molecule has 1 rings (SSSR count). The summed E-state index contributed by atoms with van der Waals surface area (Å²) >= 11 is 0. The number of hydrogen-bond donors (Lipinski definition) is 2. The Labute approximate surface area is 133 Å². The third-order valence-corrected chi connectivity index (χ3v) is 4.65. The van der Waals surface area contributed by atoms with Crippen LogP contribution < -0.4 is 5.32 Å². The average Bonchev–Trinajstić information content (AvgIpc) is 2.54. The topological polar surface area (TPSA) is 72.9 Å². The van der Waals surface area contributed by atoms with Crippen LogP contribution in [0.4, 0.5) is 0 Å². The van der Waals surface area contributed by atoms with E-state index in [-0.39, 0.29) is 11.8 Å². The number of carbonyl (C=O) groups is 2. The van der Waals surface area contributed by atoms with Crippen LogP contribution in [0, 0.1) is 5.92 Å². The van der Waals surface area contributed by atoms with E-state index in [4.69, 9.17) is 5.11 Å². The van der Waals surface area contributed by atoms with Gasteiger partial charge in [-0.2, -0.15) is 0 Å². The molecule has 1 aliphatic rings. The molecule has 2 N–H and O–H groups in total. The molecular weight excluding hydrogens is 282 g/mol. The normalized spacial score (nSPS) is 18.4. The highest BCUT2D eigenvalue weighted by molar-refractivity contribution is 5.78. The molecular formula is C16H31N3O3. The maximum absolute atomic E-state index is 12.1. The number of nitrogens with zero attached hydrogens (tertiary/aromatic N) is 2. The number of carboxylic acids is 1. The Bertz CT molecular complexity index is 351. The molecule has 0 aromatic heterocycles. The standard InChI is InChI=1S/C16H31N3O3/c1-4-18(5-2)10-6-9-17-15(20)14-7-11-19(12-8-14)13(3)16(21)22/h13-14H,4-12H2,1-3H3,(H,17,20)(H,21,22). The second kappa shape index (κ2) is 9.79. The van der Waals surface area contributed by atoms with Gasteiger partial charge in [0, 0.05) is 12.5 Å². The van der Waals surface area contributed by atoms with Crippen LogP contribution in [0.1, 0.15) is 40.0 Å². The first-order valence-corrected chi connectivity index (χ1v) is 8.46. The molecule has 0 saturated carbocycles. The Morgan fingerprint density at radius 1 is 1.27 bits per heavy atom. The number of nitrogens with one attached hydrogen (secondary N) is 1. The molecule has 1 amide bonds. The smallest absolute Gasteiger partial charge is 0.320 e. The zero-order chi connectivity index (χ0) is 16.5. The van der Waals surface area contributed by atoms with Gasteiger partial charge in [-0.3, -0.25) is 14.5 Å². The van der Waals surface area contributed by atoms with E-state index in [1.54, 1.807) is 6.92 Å². The minimum atomic E-state index is -0.792. The number of piperidine rings is 1. The van der Waals surface area contributed by atoms with Crippen molar-refractivity contribution in [2.45, 2.75) is 46.1 Å². The van der Waals surface area contributed by atoms with Crippen molar-refractivity contribution < 1.29 is 14.7 Å². The minimum absolute atomic E-state index is 0.0331. The molecule has 6 heteroatoms. The first-order valence-electron chi connectivity index (χ1n) is 8.46. The predicted molar refractivity (Wildman–Crippen MR) is 86.8 cm³/mol. The Kier molecular flexibility index (Phi) is 8.42. The van der Waals surface area contributed by atoms with Gasteiger partial charge in [0.25, 0.3) is 0 Å². The van der Waals surface area contributed by atoms with Crippen molar-refractivity contribution in [3.8, 4) is 0 Å². The fourth-order valence-corrected chi connectivity index (χ4v) is 2.90. The van der Waals surface area contributed by atoms with Gasteiger partial charge in [-0.05, 0) is 58.9 Å². The Morgan fingerprint density at radius 3 is 2.36 bits per heavy atom. The van der Waals surface area contributed by atoms with Crippen LogP contribution in [-0.2, 0) is 9.59 Å². The highest BCUT2D eigenvalue weighted by Crippen LogP contribution is 2.19. The van der Waals surface area contributed by atoms with Crippen molar-refractivity contribution >= 4 is 11.9 Å². The summed E-state index contributed by atoms with van der Waals surface area (Å²) in [5.74, 6) is -0.632. The molecule has 1 aliphatic heterocycles. The second-order valence-corrected chi connectivity index (χ2v) is 6.00. The molecule has 0 radical (unpaired) electrons. The van der Waals surface area contributed by atoms with Gasteiger partial charge in [0.2, 0.25) is 5.91 Å². The third kappa shape index (κ3) is 5.93. The molecule has 6 nitrogen and oxygen atoms in total. The molecule has 0 aliphatic carbocycles. The van der Waals surface area contributed by atoms with Crippen molar-refractivity contribution in [1.82, 2.24) is 15.1 Å². The molecule has 1 heterocycles. The van der Waals surface area contributed by atoms with E-state index in [9.17, 15) is 9.59 Å². The largest absolute Gasteiger partial charge is 0.480 e. The van der Waals surface area contributed by atoms with Gasteiger partial charge in [-0.15, -0.1) is 0 Å². The van der Waals surface area contributed by atoms with Crippen LogP contribution in [0.5, 0.6) is 0 Å². The number of amides is 1. The van der Waals surface area contributed by atoms with E-state index in [1.165, 1.54) is 0 Å². The van der Waals surface area contributed by atoms with Crippen LogP contribution in [0.3, 0.4) is 0 Å². The summed E-state index contributed by atoms with van der Waals surface area (Å²) in [6.07, 6.45) is 2.47. The maximum Gasteiger partial charge on any atom is 0.320 e. The van der Waals surface area contributed by atoms with Gasteiger partial charge >= 0.3 is 5.97 Å². The number of hydrogen-bond acceptors (Lipinski definition) is 4. The van der Waals surface area contributed by atoms with Crippen molar-refractivity contribution in [3.05, 3.63) is 0 Å². The highest BCUT2D eigenvalue weighted by Gasteiger charge is 2.29. The lowest BCUT2D eigenvalue weighted by molar-refractivity contribution is -0.143. The minimum Gasteiger partial charge on any atom is -0.480 e. The number of carboxylic acid groups (broad SMARTS) is 1. The SMILES string of the molecule is CCN(CC)CCCNC(=O)C1CCN(C(C)C(=O)O)CC1. The van der Waals surface area contributed by atoms with Gasteiger partial charge in [0.1, 0.15) is 6.04 Å². The molecule has 1 unspecified atom stereocenters. The van der Waals surface area contributed by atoms with E-state index in [2.05, 4.69) is 24.1 Å². The quantitative estimate of drug-likeness (QED) is 0.622. The number of rotatable bonds is 9. The number of aliphatic carboxylic acids is 1. The molecule has 0 aromatic carbocycles. The molecule has 1 atom stereocenters. The lowest BCUT2D eigenvalue weighted by Crippen LogP contribution is -2.46. The second-order valence-electron chi connectivity index (χ2n) is 6.00. The molecule has 1 fully saturated rings. The predicted octanol–water partition coefficient (Wildman–Crippen LogP) is 1.02. The summed E-state index contributed by atoms with van der Waals surface area (Å²) in [6.45, 7) is 11.2. The molecule has 0 aromatic rings. The first-order chi connectivity index (χ1) is 10.5. The van der Waals surface area contributed by atoms with E-state index >= 15 is 0 Å². The summed E-state index contributed by atoms with van der Waals surface area (Å²) in [7, 11) is 0. The van der Waals surface area contributed by atoms with Gasteiger partial charge in [0.15, 0.2) is 0 Å². The fourth-order valence-electron chi connectivity index (χ4n) is 2.90. The molecule has 0 spiro atoms. The van der Waals surface area contributed by atoms with Gasteiger partial charge in [0.05, 0.1) is 0 Å². The average molecular weight is 313 g/mol. The zero-order valence-corrected chi connectivity index (χ0v) is 14.2. The first kappa shape index (κ1) is 18.9. The summed E-state index contributed by atoms with van der Waals surface area (Å²) in [4.78, 5) is 27.4. The summed E-state index contributed by atoms with van der Waals surface area (Å²) in [5.41, 5.74) is 0. The highest BCUT2D eigenvalue weighted by atomic mass is 16.4. The lowest BCUT2D eigenvalue weighted by atomic mass is 9.95. The van der Waals surface area contributed by atoms with Crippen LogP contribution in [0.25, 0.3) is 0 Å². The van der Waals surface area contributed by atoms with E-state index in [0.29, 0.717) is 13.1 Å². The molecule has 0 bridgehead atoms. The summed E-state index contributed by atoms with van der Waals surface area (Å²) < 4.78 is 0. The molecule has 1 saturated heterocycles. The number of carbonyl (C=O) groups excluding carboxylic acids is 1. The summed E-state index contributed by atoms with van der Waals surface area (Å²) in [5, 5.41) is 12.0. The van der Waals surface area contributed by atoms with E-state index in [0.717, 1.165) is 45.4 Å². The van der Waals surface area contributed by atoms with Crippen molar-refractivity contribution in [1.29, 1.82) is 0 Å². The third-order valence-electron chi connectivity index (χ3n) is 4.65. The van der Waals surface area contributed by atoms with Crippen molar-refractivity contribution in [3.63, 3.8) is 0 Å². The Hall–Kier alpha value is -1.14. The lowest BCUT2D eigenvalue weighted by Gasteiger charge is -2.33. The van der Waals surface area contributed by atoms with Gasteiger partial charge in [-0.25, -0.2) is 0 Å². The van der Waals surface area contributed by atoms with E-state index < -0.39 is 12.0 Å². The van der Waals surface area contributed by atoms with Gasteiger partial charge < -0.3 is 15.3 Å². The monoisotopic (exact) mass is 313 g/mol. The van der Waals surface area contributed by atoms with Crippen LogP contribution in [0.15, 0.2) is 0 Å². The Morgan fingerprint density at radius 2 is 1.86 bits per heavy atom. The van der Waals surface area contributed by atoms with Gasteiger partial charge in [-0.1, -0.05) is 13.8 Å².